The summed E-state index contributed by atoms with van der Waals surface area (Å²) < 4.78 is 5.84. The Kier molecular flexibility index (Phi) is 5.68. The van der Waals surface area contributed by atoms with Crippen LogP contribution in [0.2, 0.25) is 10.0 Å². The van der Waals surface area contributed by atoms with Crippen LogP contribution in [0.5, 0.6) is 5.75 Å². The molecule has 0 aliphatic carbocycles. The quantitative estimate of drug-likeness (QED) is 0.695. The van der Waals surface area contributed by atoms with Crippen LogP contribution in [-0.4, -0.2) is 25.0 Å². The first-order chi connectivity index (χ1) is 13.2. The molecule has 0 fully saturated rings. The van der Waals surface area contributed by atoms with Crippen molar-refractivity contribution in [1.29, 1.82) is 0 Å². The lowest BCUT2D eigenvalue weighted by Crippen LogP contribution is -2.42. The van der Waals surface area contributed by atoms with Crippen molar-refractivity contribution >= 4 is 46.4 Å². The summed E-state index contributed by atoms with van der Waals surface area (Å²) in [6, 6.07) is 9.79. The first kappa shape index (κ1) is 20.2. The van der Waals surface area contributed by atoms with Gasteiger partial charge in [0.05, 0.1) is 11.1 Å². The van der Waals surface area contributed by atoms with Gasteiger partial charge in [0.25, 0.3) is 5.91 Å². The van der Waals surface area contributed by atoms with Crippen molar-refractivity contribution in [1.82, 2.24) is 0 Å². The van der Waals surface area contributed by atoms with E-state index in [-0.39, 0.29) is 18.4 Å². The second-order valence-corrected chi connectivity index (χ2v) is 8.04. The molecule has 0 bridgehead atoms. The highest BCUT2D eigenvalue weighted by Gasteiger charge is 2.37. The largest absolute Gasteiger partial charge is 0.490 e. The van der Waals surface area contributed by atoms with E-state index in [2.05, 4.69) is 11.9 Å². The predicted molar refractivity (Wildman–Crippen MR) is 113 cm³/mol. The molecule has 2 aromatic carbocycles. The third kappa shape index (κ3) is 4.16. The van der Waals surface area contributed by atoms with Gasteiger partial charge >= 0.3 is 0 Å². The average Bonchev–Trinajstić information content (AvgIpc) is 2.71. The van der Waals surface area contributed by atoms with Gasteiger partial charge in [-0.3, -0.25) is 9.59 Å². The molecule has 1 aliphatic rings. The van der Waals surface area contributed by atoms with E-state index in [1.54, 1.807) is 35.2 Å². The Balaban J connectivity index is 1.94. The van der Waals surface area contributed by atoms with E-state index in [0.29, 0.717) is 39.3 Å². The second-order valence-electron chi connectivity index (χ2n) is 7.17. The summed E-state index contributed by atoms with van der Waals surface area (Å²) in [7, 11) is 0. The van der Waals surface area contributed by atoms with Gasteiger partial charge in [-0.05, 0) is 50.2 Å². The summed E-state index contributed by atoms with van der Waals surface area (Å²) >= 11 is 11.9. The molecular weight excluding hydrogens is 399 g/mol. The first-order valence-corrected chi connectivity index (χ1v) is 9.44. The molecular formula is C21H20Cl2N2O3. The van der Waals surface area contributed by atoms with Gasteiger partial charge in [-0.1, -0.05) is 29.3 Å². The van der Waals surface area contributed by atoms with Crippen molar-refractivity contribution in [3.05, 3.63) is 64.7 Å². The van der Waals surface area contributed by atoms with Crippen molar-refractivity contribution in [2.45, 2.75) is 13.8 Å². The fraction of sp³-hybridized carbons (Fsp3) is 0.238. The van der Waals surface area contributed by atoms with Gasteiger partial charge in [-0.25, -0.2) is 0 Å². The van der Waals surface area contributed by atoms with E-state index in [1.807, 2.05) is 13.8 Å². The third-order valence-electron chi connectivity index (χ3n) is 4.36. The zero-order valence-electron chi connectivity index (χ0n) is 15.6. The maximum atomic E-state index is 12.9. The van der Waals surface area contributed by atoms with Gasteiger partial charge in [-0.15, -0.1) is 6.58 Å². The van der Waals surface area contributed by atoms with Gasteiger partial charge in [0.2, 0.25) is 5.91 Å². The number of nitrogens with one attached hydrogen (secondary N) is 1. The summed E-state index contributed by atoms with van der Waals surface area (Å²) in [4.78, 5) is 27.1. The van der Waals surface area contributed by atoms with Crippen LogP contribution < -0.4 is 15.0 Å². The monoisotopic (exact) mass is 418 g/mol. The van der Waals surface area contributed by atoms with Crippen LogP contribution in [0.1, 0.15) is 24.2 Å². The Morgan fingerprint density at radius 2 is 1.93 bits per heavy atom. The number of hydrogen-bond donors (Lipinski definition) is 1. The van der Waals surface area contributed by atoms with Crippen LogP contribution in [0.15, 0.2) is 49.1 Å². The Morgan fingerprint density at radius 1 is 1.25 bits per heavy atom. The second kappa shape index (κ2) is 7.86. The first-order valence-electron chi connectivity index (χ1n) is 8.68. The highest BCUT2D eigenvalue weighted by Crippen LogP contribution is 2.38. The van der Waals surface area contributed by atoms with E-state index >= 15 is 0 Å². The molecule has 1 aliphatic heterocycles. The number of halogens is 2. The molecule has 0 saturated carbocycles. The summed E-state index contributed by atoms with van der Waals surface area (Å²) in [6.07, 6.45) is 1.66. The van der Waals surface area contributed by atoms with Crippen LogP contribution in [0.3, 0.4) is 0 Å². The van der Waals surface area contributed by atoms with Gasteiger partial charge in [0.15, 0.2) is 0 Å². The van der Waals surface area contributed by atoms with Crippen LogP contribution in [0, 0.1) is 5.41 Å². The molecule has 0 radical (unpaired) electrons. The standard InChI is InChI=1S/C21H20Cl2N2O3/c1-4-7-25-17-11-16(5-6-18(17)28-12-21(2,3)20(25)27)24-19(26)13-8-14(22)10-15(23)9-13/h4-6,8-11H,1,7,12H2,2-3H3,(H,24,26). The molecule has 0 aromatic heterocycles. The zero-order chi connectivity index (χ0) is 20.5. The van der Waals surface area contributed by atoms with E-state index in [1.165, 1.54) is 12.1 Å². The number of amides is 2. The molecule has 7 heteroatoms. The Hall–Kier alpha value is -2.50. The molecule has 0 spiro atoms. The van der Waals surface area contributed by atoms with Crippen molar-refractivity contribution in [2.24, 2.45) is 5.41 Å². The third-order valence-corrected chi connectivity index (χ3v) is 4.79. The van der Waals surface area contributed by atoms with Gasteiger partial charge in [-0.2, -0.15) is 0 Å². The molecule has 2 aromatic rings. The average molecular weight is 419 g/mol. The number of rotatable bonds is 4. The van der Waals surface area contributed by atoms with Gasteiger partial charge in [0, 0.05) is 27.8 Å². The number of hydrogen-bond acceptors (Lipinski definition) is 3. The molecule has 5 nitrogen and oxygen atoms in total. The summed E-state index contributed by atoms with van der Waals surface area (Å²) in [5, 5.41) is 3.55. The summed E-state index contributed by atoms with van der Waals surface area (Å²) in [5.41, 5.74) is 0.759. The number of anilines is 2. The van der Waals surface area contributed by atoms with E-state index in [0.717, 1.165) is 0 Å². The Labute approximate surface area is 173 Å². The maximum Gasteiger partial charge on any atom is 0.255 e. The fourth-order valence-corrected chi connectivity index (χ4v) is 3.45. The number of carbonyl (C=O) groups is 2. The lowest BCUT2D eigenvalue weighted by Gasteiger charge is -2.27. The topological polar surface area (TPSA) is 58.6 Å². The zero-order valence-corrected chi connectivity index (χ0v) is 17.1. The molecule has 3 rings (SSSR count). The van der Waals surface area contributed by atoms with Crippen molar-refractivity contribution in [3.8, 4) is 5.75 Å². The highest BCUT2D eigenvalue weighted by molar-refractivity contribution is 6.35. The van der Waals surface area contributed by atoms with Gasteiger partial charge < -0.3 is 15.0 Å². The lowest BCUT2D eigenvalue weighted by atomic mass is 9.93. The predicted octanol–water partition coefficient (Wildman–Crippen LogP) is 5.18. The van der Waals surface area contributed by atoms with Crippen LogP contribution >= 0.6 is 23.2 Å². The summed E-state index contributed by atoms with van der Waals surface area (Å²) in [5.74, 6) is 0.140. The van der Waals surface area contributed by atoms with Gasteiger partial charge in [0.1, 0.15) is 12.4 Å². The van der Waals surface area contributed by atoms with E-state index in [9.17, 15) is 9.59 Å². The number of carbonyl (C=O) groups excluding carboxylic acids is 2. The molecule has 1 heterocycles. The molecule has 2 amide bonds. The normalized spacial score (nSPS) is 15.3. The lowest BCUT2D eigenvalue weighted by molar-refractivity contribution is -0.127. The van der Waals surface area contributed by atoms with Crippen LogP contribution in [0.25, 0.3) is 0 Å². The minimum Gasteiger partial charge on any atom is -0.490 e. The van der Waals surface area contributed by atoms with Crippen molar-refractivity contribution in [3.63, 3.8) is 0 Å². The van der Waals surface area contributed by atoms with Crippen LogP contribution in [0.4, 0.5) is 11.4 Å². The minimum atomic E-state index is -0.678. The van der Waals surface area contributed by atoms with E-state index in [4.69, 9.17) is 27.9 Å². The Bertz CT molecular complexity index is 936. The van der Waals surface area contributed by atoms with E-state index < -0.39 is 5.41 Å². The van der Waals surface area contributed by atoms with Crippen molar-refractivity contribution < 1.29 is 14.3 Å². The number of fused-ring (bicyclic) bond motifs is 1. The molecule has 1 N–H and O–H groups in total. The highest BCUT2D eigenvalue weighted by atomic mass is 35.5. The summed E-state index contributed by atoms with van der Waals surface area (Å²) in [6.45, 7) is 8.01. The SMILES string of the molecule is C=CCN1C(=O)C(C)(C)COc2ccc(NC(=O)c3cc(Cl)cc(Cl)c3)cc21. The van der Waals surface area contributed by atoms with Crippen molar-refractivity contribution in [2.75, 3.05) is 23.4 Å². The number of ether oxygens (including phenoxy) is 1. The number of benzene rings is 2. The maximum absolute atomic E-state index is 12.9. The molecule has 0 saturated heterocycles. The molecule has 28 heavy (non-hydrogen) atoms. The smallest absolute Gasteiger partial charge is 0.255 e. The molecule has 0 atom stereocenters. The number of nitrogens with zero attached hydrogens (tertiary/aromatic N) is 1. The fourth-order valence-electron chi connectivity index (χ4n) is 2.92. The molecule has 146 valence electrons. The minimum absolute atomic E-state index is 0.0729. The Morgan fingerprint density at radius 3 is 2.57 bits per heavy atom. The molecule has 0 unspecified atom stereocenters. The van der Waals surface area contributed by atoms with Crippen LogP contribution in [-0.2, 0) is 4.79 Å².